The van der Waals surface area contributed by atoms with E-state index >= 15 is 0 Å². The summed E-state index contributed by atoms with van der Waals surface area (Å²) in [5, 5.41) is 25.7. The lowest BCUT2D eigenvalue weighted by atomic mass is 10.2. The smallest absolute Gasteiger partial charge is 0.261 e. The Hall–Kier alpha value is -2.48. The van der Waals surface area contributed by atoms with Gasteiger partial charge in [0.2, 0.25) is 0 Å². The highest BCUT2D eigenvalue weighted by molar-refractivity contribution is 7.14. The van der Waals surface area contributed by atoms with Crippen LogP contribution in [0.15, 0.2) is 29.0 Å². The number of amides is 1. The first-order valence-electron chi connectivity index (χ1n) is 5.20. The van der Waals surface area contributed by atoms with Crippen LogP contribution in [0.1, 0.15) is 23.0 Å². The average molecular weight is 278 g/mol. The van der Waals surface area contributed by atoms with Crippen molar-refractivity contribution in [1.82, 2.24) is 9.97 Å². The molecule has 7 nitrogen and oxygen atoms in total. The average Bonchev–Trinajstić information content (AvgIpc) is 2.86. The number of thiazole rings is 1. The van der Waals surface area contributed by atoms with Crippen molar-refractivity contribution >= 4 is 28.1 Å². The second-order valence-corrected chi connectivity index (χ2v) is 4.43. The van der Waals surface area contributed by atoms with Gasteiger partial charge in [-0.3, -0.25) is 15.1 Å². The highest BCUT2D eigenvalue weighted by atomic mass is 32.1. The van der Waals surface area contributed by atoms with Crippen molar-refractivity contribution in [2.75, 3.05) is 5.32 Å². The maximum atomic E-state index is 11.9. The van der Waals surface area contributed by atoms with Gasteiger partial charge < -0.3 is 10.3 Å². The van der Waals surface area contributed by atoms with Gasteiger partial charge in [-0.2, -0.15) is 0 Å². The van der Waals surface area contributed by atoms with E-state index in [4.69, 9.17) is 5.21 Å². The minimum absolute atomic E-state index is 0.110. The number of nitrogens with one attached hydrogen (secondary N) is 1. The molecule has 0 atom stereocenters. The van der Waals surface area contributed by atoms with Crippen molar-refractivity contribution < 1.29 is 15.1 Å². The molecule has 0 bridgehead atoms. The number of carbonyl (C=O) groups is 1. The Morgan fingerprint density at radius 2 is 2.32 bits per heavy atom. The van der Waals surface area contributed by atoms with Gasteiger partial charge in [0.1, 0.15) is 17.2 Å². The van der Waals surface area contributed by atoms with E-state index in [2.05, 4.69) is 20.4 Å². The number of aromatic nitrogens is 2. The number of carbonyl (C=O) groups excluding carboxylic acids is 1. The Labute approximate surface area is 112 Å². The fourth-order valence-corrected chi connectivity index (χ4v) is 2.04. The number of hydrogen-bond donors (Lipinski definition) is 3. The molecule has 3 N–H and O–H groups in total. The van der Waals surface area contributed by atoms with Crippen molar-refractivity contribution in [2.45, 2.75) is 6.92 Å². The van der Waals surface area contributed by atoms with Gasteiger partial charge in [-0.05, 0) is 13.0 Å². The summed E-state index contributed by atoms with van der Waals surface area (Å²) < 4.78 is 0. The van der Waals surface area contributed by atoms with E-state index < -0.39 is 5.91 Å². The number of nitrogens with zero attached hydrogens (tertiary/aromatic N) is 3. The lowest BCUT2D eigenvalue weighted by Gasteiger charge is -2.02. The Bertz CT molecular complexity index is 638. The maximum Gasteiger partial charge on any atom is 0.261 e. The molecule has 19 heavy (non-hydrogen) atoms. The van der Waals surface area contributed by atoms with Crippen LogP contribution in [0.4, 0.5) is 5.13 Å². The van der Waals surface area contributed by atoms with Gasteiger partial charge in [0, 0.05) is 11.6 Å². The molecule has 0 spiro atoms. The van der Waals surface area contributed by atoms with Crippen LogP contribution in [0.2, 0.25) is 0 Å². The van der Waals surface area contributed by atoms with E-state index in [0.29, 0.717) is 16.5 Å². The Morgan fingerprint density at radius 3 is 3.00 bits per heavy atom. The first kappa shape index (κ1) is 13.0. The molecule has 0 fully saturated rings. The molecule has 0 saturated carbocycles. The van der Waals surface area contributed by atoms with Gasteiger partial charge >= 0.3 is 0 Å². The van der Waals surface area contributed by atoms with Gasteiger partial charge in [-0.25, -0.2) is 4.98 Å². The molecular weight excluding hydrogens is 268 g/mol. The molecule has 0 aliphatic rings. The van der Waals surface area contributed by atoms with Crippen LogP contribution in [0.5, 0.6) is 5.75 Å². The summed E-state index contributed by atoms with van der Waals surface area (Å²) in [6, 6.07) is 1.40. The topological polar surface area (TPSA) is 108 Å². The Morgan fingerprint density at radius 1 is 1.53 bits per heavy atom. The van der Waals surface area contributed by atoms with Crippen LogP contribution in [-0.4, -0.2) is 31.9 Å². The molecule has 1 amide bonds. The van der Waals surface area contributed by atoms with Crippen LogP contribution in [0, 0.1) is 0 Å². The second kappa shape index (κ2) is 5.44. The molecule has 2 aromatic rings. The van der Waals surface area contributed by atoms with Gasteiger partial charge in [-0.1, -0.05) is 5.16 Å². The molecule has 8 heteroatoms. The summed E-state index contributed by atoms with van der Waals surface area (Å²) >= 11 is 1.19. The number of oxime groups is 1. The van der Waals surface area contributed by atoms with Crippen molar-refractivity contribution in [2.24, 2.45) is 5.16 Å². The summed E-state index contributed by atoms with van der Waals surface area (Å²) in [6.07, 6.45) is 2.59. The highest BCUT2D eigenvalue weighted by Crippen LogP contribution is 2.19. The fourth-order valence-electron chi connectivity index (χ4n) is 1.29. The molecule has 0 aliphatic heterocycles. The van der Waals surface area contributed by atoms with E-state index in [9.17, 15) is 9.90 Å². The number of anilines is 1. The third-order valence-corrected chi connectivity index (χ3v) is 3.05. The van der Waals surface area contributed by atoms with Crippen LogP contribution >= 0.6 is 11.3 Å². The lowest BCUT2D eigenvalue weighted by Crippen LogP contribution is -2.12. The fraction of sp³-hybridized carbons (Fsp3) is 0.0909. The highest BCUT2D eigenvalue weighted by Gasteiger charge is 2.13. The van der Waals surface area contributed by atoms with E-state index in [1.54, 1.807) is 12.3 Å². The number of hydrogen-bond acceptors (Lipinski definition) is 7. The summed E-state index contributed by atoms with van der Waals surface area (Å²) in [4.78, 5) is 19.6. The lowest BCUT2D eigenvalue weighted by molar-refractivity contribution is 0.102. The molecule has 0 radical (unpaired) electrons. The zero-order chi connectivity index (χ0) is 13.8. The monoisotopic (exact) mass is 278 g/mol. The van der Waals surface area contributed by atoms with E-state index in [1.165, 1.54) is 29.8 Å². The summed E-state index contributed by atoms with van der Waals surface area (Å²) in [5.74, 6) is -0.690. The SMILES string of the molecule is C/C(=N/O)c1csc(NC(=O)c2ccncc2O)n1. The quantitative estimate of drug-likeness (QED) is 0.450. The number of rotatable bonds is 3. The molecule has 0 aromatic carbocycles. The van der Waals surface area contributed by atoms with E-state index in [-0.39, 0.29) is 11.3 Å². The van der Waals surface area contributed by atoms with E-state index in [1.807, 2.05) is 0 Å². The molecular formula is C11H10N4O3S. The van der Waals surface area contributed by atoms with Crippen molar-refractivity contribution in [3.05, 3.63) is 35.1 Å². The first-order chi connectivity index (χ1) is 9.11. The first-order valence-corrected chi connectivity index (χ1v) is 6.08. The third kappa shape index (κ3) is 2.86. The van der Waals surface area contributed by atoms with Crippen LogP contribution in [0.25, 0.3) is 0 Å². The number of aromatic hydroxyl groups is 1. The van der Waals surface area contributed by atoms with Crippen molar-refractivity contribution in [3.63, 3.8) is 0 Å². The van der Waals surface area contributed by atoms with Gasteiger partial charge in [0.25, 0.3) is 5.91 Å². The van der Waals surface area contributed by atoms with Gasteiger partial charge in [0.05, 0.1) is 11.8 Å². The minimum atomic E-state index is -0.487. The minimum Gasteiger partial charge on any atom is -0.505 e. The van der Waals surface area contributed by atoms with Crippen LogP contribution < -0.4 is 5.32 Å². The molecule has 0 unspecified atom stereocenters. The normalized spacial score (nSPS) is 11.3. The van der Waals surface area contributed by atoms with Crippen LogP contribution in [0.3, 0.4) is 0 Å². The molecule has 0 saturated heterocycles. The molecule has 98 valence electrons. The summed E-state index contributed by atoms with van der Waals surface area (Å²) in [5.41, 5.74) is 0.935. The second-order valence-electron chi connectivity index (χ2n) is 3.57. The summed E-state index contributed by atoms with van der Waals surface area (Å²) in [6.45, 7) is 1.59. The van der Waals surface area contributed by atoms with E-state index in [0.717, 1.165) is 0 Å². The molecule has 2 aromatic heterocycles. The number of pyridine rings is 1. The van der Waals surface area contributed by atoms with Crippen molar-refractivity contribution in [1.29, 1.82) is 0 Å². The molecule has 0 aliphatic carbocycles. The largest absolute Gasteiger partial charge is 0.505 e. The van der Waals surface area contributed by atoms with Crippen molar-refractivity contribution in [3.8, 4) is 5.75 Å². The predicted octanol–water partition coefficient (Wildman–Crippen LogP) is 1.69. The standard InChI is InChI=1S/C11H10N4O3S/c1-6(15-18)8-5-19-11(13-8)14-10(17)7-2-3-12-4-9(7)16/h2-5,16,18H,1H3,(H,13,14,17)/b15-6-. The van der Waals surface area contributed by atoms with Gasteiger partial charge in [-0.15, -0.1) is 11.3 Å². The Balaban J connectivity index is 2.16. The zero-order valence-corrected chi connectivity index (χ0v) is 10.7. The maximum absolute atomic E-state index is 11.9. The predicted molar refractivity (Wildman–Crippen MR) is 70.0 cm³/mol. The van der Waals surface area contributed by atoms with Crippen LogP contribution in [-0.2, 0) is 0 Å². The summed E-state index contributed by atoms with van der Waals surface area (Å²) in [7, 11) is 0. The third-order valence-electron chi connectivity index (χ3n) is 2.29. The Kier molecular flexibility index (Phi) is 3.71. The zero-order valence-electron chi connectivity index (χ0n) is 9.86. The molecule has 2 rings (SSSR count). The van der Waals surface area contributed by atoms with Gasteiger partial charge in [0.15, 0.2) is 5.13 Å². The molecule has 2 heterocycles.